The summed E-state index contributed by atoms with van der Waals surface area (Å²) in [7, 11) is 0. The van der Waals surface area contributed by atoms with E-state index in [1.807, 2.05) is 25.3 Å². The second-order valence-corrected chi connectivity index (χ2v) is 4.72. The van der Waals surface area contributed by atoms with Gasteiger partial charge in [-0.25, -0.2) is 0 Å². The topological polar surface area (TPSA) is 22.1 Å². The third-order valence-electron chi connectivity index (χ3n) is 2.44. The van der Waals surface area contributed by atoms with Gasteiger partial charge in [0.15, 0.2) is 0 Å². The average molecular weight is 272 g/mol. The first-order chi connectivity index (χ1) is 7.25. The molecule has 0 aliphatic heterocycles. The van der Waals surface area contributed by atoms with Crippen molar-refractivity contribution in [3.63, 3.8) is 0 Å². The normalized spacial score (nSPS) is 14.9. The molecular formula is C12H18BrNO. The van der Waals surface area contributed by atoms with Crippen molar-refractivity contribution in [1.82, 2.24) is 4.98 Å². The van der Waals surface area contributed by atoms with Crippen LogP contribution in [0.15, 0.2) is 24.4 Å². The van der Waals surface area contributed by atoms with Crippen LogP contribution in [0, 0.1) is 0 Å². The molecule has 1 aromatic heterocycles. The molecule has 0 aliphatic rings. The van der Waals surface area contributed by atoms with E-state index in [1.54, 1.807) is 0 Å². The van der Waals surface area contributed by atoms with Crippen LogP contribution in [0.3, 0.4) is 0 Å². The molecular weight excluding hydrogens is 254 g/mol. The Balaban J connectivity index is 2.42. The molecule has 3 heteroatoms. The molecule has 0 N–H and O–H groups in total. The second kappa shape index (κ2) is 6.96. The van der Waals surface area contributed by atoms with Gasteiger partial charge in [0.1, 0.15) is 0 Å². The lowest BCUT2D eigenvalue weighted by Gasteiger charge is -2.17. The minimum atomic E-state index is 0.423. The van der Waals surface area contributed by atoms with Gasteiger partial charge in [0.25, 0.3) is 0 Å². The molecule has 0 radical (unpaired) electrons. The summed E-state index contributed by atoms with van der Waals surface area (Å²) in [6, 6.07) is 6.04. The Morgan fingerprint density at radius 1 is 1.47 bits per heavy atom. The standard InChI is InChI=1S/C12H18BrNO/c1-3-15-9-7-11(13)10(2)12-6-4-5-8-14-12/h4-6,8,10-11H,3,7,9H2,1-2H3. The van der Waals surface area contributed by atoms with Crippen molar-refractivity contribution < 1.29 is 4.74 Å². The van der Waals surface area contributed by atoms with Crippen LogP contribution in [0.2, 0.25) is 0 Å². The van der Waals surface area contributed by atoms with Gasteiger partial charge in [0.05, 0.1) is 0 Å². The highest BCUT2D eigenvalue weighted by Crippen LogP contribution is 2.25. The molecule has 0 saturated carbocycles. The maximum atomic E-state index is 5.34. The van der Waals surface area contributed by atoms with Crippen LogP contribution >= 0.6 is 15.9 Å². The Kier molecular flexibility index (Phi) is 5.88. The zero-order valence-electron chi connectivity index (χ0n) is 9.32. The van der Waals surface area contributed by atoms with E-state index in [-0.39, 0.29) is 0 Å². The van der Waals surface area contributed by atoms with E-state index < -0.39 is 0 Å². The minimum Gasteiger partial charge on any atom is -0.382 e. The molecule has 0 bridgehead atoms. The first kappa shape index (κ1) is 12.7. The van der Waals surface area contributed by atoms with Gasteiger partial charge in [0.2, 0.25) is 0 Å². The Morgan fingerprint density at radius 2 is 2.27 bits per heavy atom. The predicted molar refractivity (Wildman–Crippen MR) is 66.5 cm³/mol. The maximum absolute atomic E-state index is 5.34. The van der Waals surface area contributed by atoms with E-state index in [1.165, 1.54) is 0 Å². The Morgan fingerprint density at radius 3 is 2.87 bits per heavy atom. The molecule has 2 nitrogen and oxygen atoms in total. The van der Waals surface area contributed by atoms with Crippen LogP contribution < -0.4 is 0 Å². The van der Waals surface area contributed by atoms with Crippen molar-refractivity contribution >= 4 is 15.9 Å². The summed E-state index contributed by atoms with van der Waals surface area (Å²) in [5, 5.41) is 0. The summed E-state index contributed by atoms with van der Waals surface area (Å²) in [4.78, 5) is 4.79. The van der Waals surface area contributed by atoms with Crippen LogP contribution in [-0.2, 0) is 4.74 Å². The van der Waals surface area contributed by atoms with Crippen molar-refractivity contribution in [2.24, 2.45) is 0 Å². The molecule has 1 rings (SSSR count). The molecule has 0 spiro atoms. The van der Waals surface area contributed by atoms with Gasteiger partial charge in [0, 0.05) is 35.8 Å². The number of alkyl halides is 1. The summed E-state index contributed by atoms with van der Waals surface area (Å²) < 4.78 is 5.34. The van der Waals surface area contributed by atoms with E-state index in [2.05, 4.69) is 33.9 Å². The molecule has 0 amide bonds. The van der Waals surface area contributed by atoms with Crippen molar-refractivity contribution in [2.45, 2.75) is 31.0 Å². The van der Waals surface area contributed by atoms with Crippen LogP contribution in [0.5, 0.6) is 0 Å². The summed E-state index contributed by atoms with van der Waals surface area (Å²) in [5.74, 6) is 0.423. The number of nitrogens with zero attached hydrogens (tertiary/aromatic N) is 1. The quantitative estimate of drug-likeness (QED) is 0.585. The monoisotopic (exact) mass is 271 g/mol. The largest absolute Gasteiger partial charge is 0.382 e. The molecule has 0 fully saturated rings. The van der Waals surface area contributed by atoms with Gasteiger partial charge in [-0.05, 0) is 25.5 Å². The summed E-state index contributed by atoms with van der Waals surface area (Å²) >= 11 is 3.69. The highest BCUT2D eigenvalue weighted by molar-refractivity contribution is 9.09. The fraction of sp³-hybridized carbons (Fsp3) is 0.583. The van der Waals surface area contributed by atoms with Crippen molar-refractivity contribution in [1.29, 1.82) is 0 Å². The average Bonchev–Trinajstić information content (AvgIpc) is 2.29. The molecule has 0 saturated heterocycles. The zero-order valence-corrected chi connectivity index (χ0v) is 10.9. The van der Waals surface area contributed by atoms with Crippen molar-refractivity contribution in [3.05, 3.63) is 30.1 Å². The molecule has 15 heavy (non-hydrogen) atoms. The van der Waals surface area contributed by atoms with Gasteiger partial charge >= 0.3 is 0 Å². The number of pyridine rings is 1. The highest BCUT2D eigenvalue weighted by atomic mass is 79.9. The molecule has 2 atom stereocenters. The number of hydrogen-bond acceptors (Lipinski definition) is 2. The number of aromatic nitrogens is 1. The third-order valence-corrected chi connectivity index (χ3v) is 3.69. The molecule has 1 heterocycles. The highest BCUT2D eigenvalue weighted by Gasteiger charge is 2.16. The van der Waals surface area contributed by atoms with Gasteiger partial charge in [-0.1, -0.05) is 28.9 Å². The number of hydrogen-bond donors (Lipinski definition) is 0. The van der Waals surface area contributed by atoms with Crippen LogP contribution in [0.1, 0.15) is 31.9 Å². The van der Waals surface area contributed by atoms with E-state index in [0.29, 0.717) is 10.7 Å². The summed E-state index contributed by atoms with van der Waals surface area (Å²) in [6.45, 7) is 5.81. The Labute approximate surface area is 100 Å². The lowest BCUT2D eigenvalue weighted by molar-refractivity contribution is 0.143. The molecule has 84 valence electrons. The number of ether oxygens (including phenoxy) is 1. The van der Waals surface area contributed by atoms with E-state index in [9.17, 15) is 0 Å². The van der Waals surface area contributed by atoms with Gasteiger partial charge in [-0.3, -0.25) is 4.98 Å². The Bertz CT molecular complexity index is 266. The predicted octanol–water partition coefficient (Wildman–Crippen LogP) is 3.38. The fourth-order valence-electron chi connectivity index (χ4n) is 1.42. The zero-order chi connectivity index (χ0) is 11.1. The van der Waals surface area contributed by atoms with Gasteiger partial charge < -0.3 is 4.74 Å². The second-order valence-electron chi connectivity index (χ2n) is 3.54. The summed E-state index contributed by atoms with van der Waals surface area (Å²) in [6.07, 6.45) is 2.86. The molecule has 1 aromatic rings. The Hall–Kier alpha value is -0.410. The smallest absolute Gasteiger partial charge is 0.0476 e. The van der Waals surface area contributed by atoms with Crippen LogP contribution in [0.25, 0.3) is 0 Å². The van der Waals surface area contributed by atoms with E-state index >= 15 is 0 Å². The molecule has 2 unspecified atom stereocenters. The molecule has 0 aromatic carbocycles. The first-order valence-corrected chi connectivity index (χ1v) is 6.30. The molecule has 0 aliphatic carbocycles. The van der Waals surface area contributed by atoms with E-state index in [0.717, 1.165) is 25.3 Å². The van der Waals surface area contributed by atoms with Crippen molar-refractivity contribution in [3.8, 4) is 0 Å². The number of rotatable bonds is 6. The van der Waals surface area contributed by atoms with Gasteiger partial charge in [-0.15, -0.1) is 0 Å². The third kappa shape index (κ3) is 4.31. The SMILES string of the molecule is CCOCCC(Br)C(C)c1ccccn1. The van der Waals surface area contributed by atoms with Crippen LogP contribution in [-0.4, -0.2) is 23.0 Å². The first-order valence-electron chi connectivity index (χ1n) is 5.38. The minimum absolute atomic E-state index is 0.423. The lowest BCUT2D eigenvalue weighted by Crippen LogP contribution is -2.13. The maximum Gasteiger partial charge on any atom is 0.0476 e. The summed E-state index contributed by atoms with van der Waals surface area (Å²) in [5.41, 5.74) is 1.14. The number of halogens is 1. The van der Waals surface area contributed by atoms with Gasteiger partial charge in [-0.2, -0.15) is 0 Å². The fourth-order valence-corrected chi connectivity index (χ4v) is 1.88. The van der Waals surface area contributed by atoms with Crippen LogP contribution in [0.4, 0.5) is 0 Å². The lowest BCUT2D eigenvalue weighted by atomic mass is 10.0. The van der Waals surface area contributed by atoms with Crippen molar-refractivity contribution in [2.75, 3.05) is 13.2 Å². The van der Waals surface area contributed by atoms with E-state index in [4.69, 9.17) is 4.74 Å².